The number of aromatic nitrogens is 2. The van der Waals surface area contributed by atoms with Gasteiger partial charge in [-0.05, 0) is 93.0 Å². The summed E-state index contributed by atoms with van der Waals surface area (Å²) in [5.74, 6) is 0.848. The lowest BCUT2D eigenvalue weighted by atomic mass is 9.70. The molecule has 0 fully saturated rings. The van der Waals surface area contributed by atoms with Gasteiger partial charge in [0, 0.05) is 33.6 Å². The first-order valence-electron chi connectivity index (χ1n) is 17.8. The SMILES string of the molecule is c1ccc2c(c1)-c1ccccc1C21c2ccccc2-c2cc(N(c3ccc4oc5ccccc5c4c3)c3cc4ccc5ccccc5n4n3)ccc21. The summed E-state index contributed by atoms with van der Waals surface area (Å²) in [6.07, 6.45) is 0. The number of hydrogen-bond acceptors (Lipinski definition) is 3. The van der Waals surface area contributed by atoms with Crippen molar-refractivity contribution < 1.29 is 4.42 Å². The summed E-state index contributed by atoms with van der Waals surface area (Å²) in [5.41, 5.74) is 16.0. The van der Waals surface area contributed by atoms with Gasteiger partial charge in [0.1, 0.15) is 11.2 Å². The van der Waals surface area contributed by atoms with Gasteiger partial charge in [-0.2, -0.15) is 0 Å². The average molecular weight is 664 g/mol. The summed E-state index contributed by atoms with van der Waals surface area (Å²) in [6.45, 7) is 0. The number of nitrogens with zero attached hydrogens (tertiary/aromatic N) is 3. The normalized spacial score (nSPS) is 13.5. The second kappa shape index (κ2) is 10.1. The molecule has 2 aliphatic rings. The molecule has 52 heavy (non-hydrogen) atoms. The monoisotopic (exact) mass is 663 g/mol. The Morgan fingerprint density at radius 2 is 1.06 bits per heavy atom. The van der Waals surface area contributed by atoms with Gasteiger partial charge in [-0.1, -0.05) is 121 Å². The first kappa shape index (κ1) is 27.9. The minimum atomic E-state index is -0.390. The van der Waals surface area contributed by atoms with Crippen LogP contribution < -0.4 is 4.90 Å². The van der Waals surface area contributed by atoms with Crippen molar-refractivity contribution in [3.05, 3.63) is 198 Å². The van der Waals surface area contributed by atoms with E-state index in [0.29, 0.717) is 0 Å². The van der Waals surface area contributed by atoms with E-state index in [4.69, 9.17) is 9.52 Å². The molecule has 3 heterocycles. The fourth-order valence-electron chi connectivity index (χ4n) is 9.29. The molecule has 0 unspecified atom stereocenters. The van der Waals surface area contributed by atoms with Gasteiger partial charge in [0.2, 0.25) is 0 Å². The molecule has 0 atom stereocenters. The number of pyridine rings is 1. The Balaban J connectivity index is 1.13. The van der Waals surface area contributed by atoms with Crippen LogP contribution in [-0.4, -0.2) is 9.61 Å². The predicted molar refractivity (Wildman–Crippen MR) is 211 cm³/mol. The highest BCUT2D eigenvalue weighted by atomic mass is 16.3. The first-order chi connectivity index (χ1) is 25.8. The summed E-state index contributed by atoms with van der Waals surface area (Å²) in [7, 11) is 0. The Labute approximate surface area is 299 Å². The Kier molecular flexibility index (Phi) is 5.40. The standard InChI is InChI=1S/C48H29N3O/c1-9-19-44-30(11-1)21-22-33-29-47(49-51(33)44)50(32-24-26-46-39(28-32)37-15-5-10-20-45(37)52-46)31-23-25-43-38(27-31)36-14-4-8-18-42(36)48(43)40-16-6-2-12-34(40)35-13-3-7-17-41(35)48/h1-29H. The van der Waals surface area contributed by atoms with Gasteiger partial charge >= 0.3 is 0 Å². The van der Waals surface area contributed by atoms with Gasteiger partial charge in [0.15, 0.2) is 5.82 Å². The van der Waals surface area contributed by atoms with Crippen molar-refractivity contribution in [2.45, 2.75) is 5.41 Å². The molecule has 242 valence electrons. The van der Waals surface area contributed by atoms with Crippen LogP contribution >= 0.6 is 0 Å². The fourth-order valence-corrected chi connectivity index (χ4v) is 9.29. The molecule has 0 amide bonds. The van der Waals surface area contributed by atoms with Gasteiger partial charge in [0.05, 0.1) is 16.4 Å². The van der Waals surface area contributed by atoms with Crippen molar-refractivity contribution in [2.75, 3.05) is 4.90 Å². The summed E-state index contributed by atoms with van der Waals surface area (Å²) in [4.78, 5) is 2.30. The molecule has 4 heteroatoms. The van der Waals surface area contributed by atoms with E-state index in [-0.39, 0.29) is 5.41 Å². The second-order valence-electron chi connectivity index (χ2n) is 14.0. The lowest BCUT2D eigenvalue weighted by Crippen LogP contribution is -2.25. The molecule has 7 aromatic carbocycles. The number of fused-ring (bicyclic) bond motifs is 16. The van der Waals surface area contributed by atoms with Crippen LogP contribution in [-0.2, 0) is 5.41 Å². The van der Waals surface area contributed by atoms with Crippen LogP contribution in [0, 0.1) is 0 Å². The summed E-state index contributed by atoms with van der Waals surface area (Å²) in [6, 6.07) is 63.6. The van der Waals surface area contributed by atoms with Crippen molar-refractivity contribution in [1.29, 1.82) is 0 Å². The van der Waals surface area contributed by atoms with Gasteiger partial charge in [-0.3, -0.25) is 4.90 Å². The second-order valence-corrected chi connectivity index (χ2v) is 14.0. The topological polar surface area (TPSA) is 33.7 Å². The van der Waals surface area contributed by atoms with Gasteiger partial charge < -0.3 is 4.42 Å². The molecule has 0 aliphatic heterocycles. The quantitative estimate of drug-likeness (QED) is 0.189. The Morgan fingerprint density at radius 1 is 0.462 bits per heavy atom. The van der Waals surface area contributed by atoms with Crippen LogP contribution in [0.25, 0.3) is 60.6 Å². The van der Waals surface area contributed by atoms with E-state index in [1.54, 1.807) is 0 Å². The lowest BCUT2D eigenvalue weighted by Gasteiger charge is -2.31. The zero-order valence-corrected chi connectivity index (χ0v) is 28.0. The molecule has 0 N–H and O–H groups in total. The number of hydrogen-bond donors (Lipinski definition) is 0. The highest BCUT2D eigenvalue weighted by molar-refractivity contribution is 6.07. The van der Waals surface area contributed by atoms with Crippen LogP contribution in [0.4, 0.5) is 17.2 Å². The number of rotatable bonds is 3. The van der Waals surface area contributed by atoms with Gasteiger partial charge in [0.25, 0.3) is 0 Å². The van der Waals surface area contributed by atoms with E-state index in [1.807, 2.05) is 12.1 Å². The van der Waals surface area contributed by atoms with Crippen LogP contribution in [0.15, 0.2) is 180 Å². The molecular formula is C48H29N3O. The molecule has 12 rings (SSSR count). The zero-order chi connectivity index (χ0) is 34.0. The number of benzene rings is 7. The third kappa shape index (κ3) is 3.53. The Morgan fingerprint density at radius 3 is 1.85 bits per heavy atom. The highest BCUT2D eigenvalue weighted by Crippen LogP contribution is 2.63. The van der Waals surface area contributed by atoms with E-state index in [0.717, 1.165) is 55.6 Å². The third-order valence-electron chi connectivity index (χ3n) is 11.4. The lowest BCUT2D eigenvalue weighted by molar-refractivity contribution is 0.669. The minimum Gasteiger partial charge on any atom is -0.456 e. The number of para-hydroxylation sites is 2. The Hall–Kier alpha value is -6.91. The van der Waals surface area contributed by atoms with Crippen molar-refractivity contribution >= 4 is 55.6 Å². The molecule has 10 aromatic rings. The van der Waals surface area contributed by atoms with Crippen molar-refractivity contribution in [3.8, 4) is 22.3 Å². The molecule has 0 saturated heterocycles. The smallest absolute Gasteiger partial charge is 0.160 e. The molecule has 0 saturated carbocycles. The van der Waals surface area contributed by atoms with Crippen LogP contribution in [0.1, 0.15) is 22.3 Å². The maximum Gasteiger partial charge on any atom is 0.160 e. The summed E-state index contributed by atoms with van der Waals surface area (Å²) >= 11 is 0. The van der Waals surface area contributed by atoms with E-state index in [9.17, 15) is 0 Å². The first-order valence-corrected chi connectivity index (χ1v) is 17.8. The van der Waals surface area contributed by atoms with Crippen molar-refractivity contribution in [2.24, 2.45) is 0 Å². The molecule has 0 radical (unpaired) electrons. The number of anilines is 3. The molecule has 3 aromatic heterocycles. The zero-order valence-electron chi connectivity index (χ0n) is 28.0. The maximum atomic E-state index is 6.27. The predicted octanol–water partition coefficient (Wildman–Crippen LogP) is 12.2. The van der Waals surface area contributed by atoms with Crippen LogP contribution in [0.3, 0.4) is 0 Å². The maximum absolute atomic E-state index is 6.27. The highest BCUT2D eigenvalue weighted by Gasteiger charge is 2.51. The van der Waals surface area contributed by atoms with E-state index < -0.39 is 0 Å². The molecular weight excluding hydrogens is 635 g/mol. The van der Waals surface area contributed by atoms with Gasteiger partial charge in [-0.25, -0.2) is 4.52 Å². The van der Waals surface area contributed by atoms with Crippen molar-refractivity contribution in [1.82, 2.24) is 9.61 Å². The van der Waals surface area contributed by atoms with Crippen molar-refractivity contribution in [3.63, 3.8) is 0 Å². The summed E-state index contributed by atoms with van der Waals surface area (Å²) < 4.78 is 8.33. The van der Waals surface area contributed by atoms with Crippen LogP contribution in [0.5, 0.6) is 0 Å². The minimum absolute atomic E-state index is 0.390. The summed E-state index contributed by atoms with van der Waals surface area (Å²) in [5, 5.41) is 8.64. The number of furan rings is 1. The average Bonchev–Trinajstić information content (AvgIpc) is 3.95. The van der Waals surface area contributed by atoms with Crippen LogP contribution in [0.2, 0.25) is 0 Å². The molecule has 1 spiro atoms. The third-order valence-corrected chi connectivity index (χ3v) is 11.4. The fraction of sp³-hybridized carbons (Fsp3) is 0.0208. The van der Waals surface area contributed by atoms with E-state index >= 15 is 0 Å². The molecule has 0 bridgehead atoms. The van der Waals surface area contributed by atoms with Gasteiger partial charge in [-0.15, -0.1) is 5.10 Å². The van der Waals surface area contributed by atoms with E-state index in [2.05, 4.69) is 173 Å². The molecule has 2 aliphatic carbocycles. The largest absolute Gasteiger partial charge is 0.456 e. The van der Waals surface area contributed by atoms with E-state index in [1.165, 1.54) is 44.5 Å². The Bertz CT molecular complexity index is 3060. The molecule has 4 nitrogen and oxygen atoms in total.